The van der Waals surface area contributed by atoms with Crippen LogP contribution in [0.5, 0.6) is 0 Å². The number of hydrogen-bond acceptors (Lipinski definition) is 2. The second kappa shape index (κ2) is 14.4. The standard InChI is InChI=1S/C56H37NS/c1-3-12-38(13-4-1)39-24-30-46(31-25-39)57(47-32-26-42(27-33-47)50-19-11-20-52-51-18-9-10-21-55(51)58-56(50)52)54-35-29-44(37-53(54)40-14-5-2-6-15-40)43-28-34-49-45(36-43)23-22-41-16-7-8-17-48(41)49/h1-37H. The van der Waals surface area contributed by atoms with Crippen LogP contribution in [0.25, 0.3) is 86.2 Å². The molecule has 0 aliphatic heterocycles. The highest BCUT2D eigenvalue weighted by Gasteiger charge is 2.20. The topological polar surface area (TPSA) is 3.24 Å². The van der Waals surface area contributed by atoms with Crippen molar-refractivity contribution < 1.29 is 0 Å². The molecule has 0 unspecified atom stereocenters. The van der Waals surface area contributed by atoms with Crippen LogP contribution in [0.15, 0.2) is 224 Å². The molecule has 0 amide bonds. The lowest BCUT2D eigenvalue weighted by molar-refractivity contribution is 1.28. The van der Waals surface area contributed by atoms with E-state index in [0.717, 1.165) is 17.1 Å². The van der Waals surface area contributed by atoms with Crippen molar-refractivity contribution in [3.63, 3.8) is 0 Å². The summed E-state index contributed by atoms with van der Waals surface area (Å²) in [6.07, 6.45) is 0. The molecule has 1 aromatic heterocycles. The first kappa shape index (κ1) is 34.0. The summed E-state index contributed by atoms with van der Waals surface area (Å²) in [7, 11) is 0. The summed E-state index contributed by atoms with van der Waals surface area (Å²) < 4.78 is 2.65. The van der Waals surface area contributed by atoms with E-state index in [4.69, 9.17) is 0 Å². The Morgan fingerprint density at radius 1 is 0.293 bits per heavy atom. The van der Waals surface area contributed by atoms with Crippen LogP contribution in [-0.4, -0.2) is 0 Å². The number of rotatable bonds is 7. The summed E-state index contributed by atoms with van der Waals surface area (Å²) in [4.78, 5) is 2.41. The van der Waals surface area contributed by atoms with E-state index in [0.29, 0.717) is 0 Å². The number of thiophene rings is 1. The quantitative estimate of drug-likeness (QED) is 0.146. The second-order valence-corrected chi connectivity index (χ2v) is 15.9. The normalized spacial score (nSPS) is 11.4. The minimum Gasteiger partial charge on any atom is -0.310 e. The summed E-state index contributed by atoms with van der Waals surface area (Å²) in [5.41, 5.74) is 12.9. The van der Waals surface area contributed by atoms with Crippen molar-refractivity contribution >= 4 is 70.1 Å². The molecule has 0 bridgehead atoms. The number of fused-ring (bicyclic) bond motifs is 6. The van der Waals surface area contributed by atoms with Crippen LogP contribution in [0.3, 0.4) is 0 Å². The molecule has 0 aliphatic carbocycles. The molecule has 0 radical (unpaired) electrons. The van der Waals surface area contributed by atoms with E-state index in [-0.39, 0.29) is 0 Å². The molecule has 0 atom stereocenters. The predicted molar refractivity (Wildman–Crippen MR) is 251 cm³/mol. The monoisotopic (exact) mass is 755 g/mol. The lowest BCUT2D eigenvalue weighted by atomic mass is 9.94. The average Bonchev–Trinajstić information content (AvgIpc) is 3.69. The van der Waals surface area contributed by atoms with Gasteiger partial charge in [-0.05, 0) is 109 Å². The Kier molecular flexibility index (Phi) is 8.42. The molecule has 10 aromatic carbocycles. The largest absolute Gasteiger partial charge is 0.310 e. The second-order valence-electron chi connectivity index (χ2n) is 14.9. The molecule has 1 nitrogen and oxygen atoms in total. The molecular weight excluding hydrogens is 719 g/mol. The van der Waals surface area contributed by atoms with Gasteiger partial charge >= 0.3 is 0 Å². The van der Waals surface area contributed by atoms with Crippen LogP contribution >= 0.6 is 11.3 Å². The van der Waals surface area contributed by atoms with E-state index in [9.17, 15) is 0 Å². The summed E-state index contributed by atoms with van der Waals surface area (Å²) in [5.74, 6) is 0. The Morgan fingerprint density at radius 3 is 1.60 bits per heavy atom. The number of nitrogens with zero attached hydrogens (tertiary/aromatic N) is 1. The Balaban J connectivity index is 1.06. The van der Waals surface area contributed by atoms with Crippen LogP contribution in [-0.2, 0) is 0 Å². The maximum Gasteiger partial charge on any atom is 0.0540 e. The zero-order valence-corrected chi connectivity index (χ0v) is 32.5. The number of benzene rings is 10. The number of hydrogen-bond donors (Lipinski definition) is 0. The Labute approximate surface area is 342 Å². The van der Waals surface area contributed by atoms with Crippen molar-refractivity contribution in [2.24, 2.45) is 0 Å². The van der Waals surface area contributed by atoms with Crippen LogP contribution in [0.2, 0.25) is 0 Å². The molecule has 11 rings (SSSR count). The zero-order valence-electron chi connectivity index (χ0n) is 31.7. The van der Waals surface area contributed by atoms with Gasteiger partial charge in [-0.2, -0.15) is 0 Å². The molecule has 2 heteroatoms. The van der Waals surface area contributed by atoms with Crippen molar-refractivity contribution in [3.8, 4) is 44.5 Å². The molecule has 0 N–H and O–H groups in total. The van der Waals surface area contributed by atoms with Gasteiger partial charge in [0.15, 0.2) is 0 Å². The van der Waals surface area contributed by atoms with Crippen molar-refractivity contribution in [3.05, 3.63) is 224 Å². The average molecular weight is 756 g/mol. The Hall–Kier alpha value is -7.26. The third-order valence-corrected chi connectivity index (χ3v) is 12.7. The summed E-state index contributed by atoms with van der Waals surface area (Å²) in [6, 6.07) is 81.9. The van der Waals surface area contributed by atoms with Gasteiger partial charge in [-0.15, -0.1) is 11.3 Å². The molecule has 1 heterocycles. The van der Waals surface area contributed by atoms with E-state index in [2.05, 4.69) is 229 Å². The van der Waals surface area contributed by atoms with Gasteiger partial charge in [0.05, 0.1) is 5.69 Å². The van der Waals surface area contributed by atoms with Crippen LogP contribution < -0.4 is 4.90 Å². The third-order valence-electron chi connectivity index (χ3n) is 11.5. The molecule has 0 aliphatic rings. The van der Waals surface area contributed by atoms with Crippen molar-refractivity contribution in [1.29, 1.82) is 0 Å². The van der Waals surface area contributed by atoms with Crippen molar-refractivity contribution in [1.82, 2.24) is 0 Å². The molecular formula is C56H37NS. The Bertz CT molecular complexity index is 3250. The SMILES string of the molecule is c1ccc(-c2ccc(N(c3ccc(-c4cccc5c4sc4ccccc45)cc3)c3ccc(-c4ccc5c(ccc6ccccc65)c4)cc3-c3ccccc3)cc2)cc1. The lowest BCUT2D eigenvalue weighted by Gasteiger charge is -2.29. The van der Waals surface area contributed by atoms with Crippen LogP contribution in [0, 0.1) is 0 Å². The number of anilines is 3. The van der Waals surface area contributed by atoms with Crippen LogP contribution in [0.4, 0.5) is 17.1 Å². The van der Waals surface area contributed by atoms with Gasteiger partial charge in [-0.1, -0.05) is 176 Å². The van der Waals surface area contributed by atoms with Gasteiger partial charge in [-0.25, -0.2) is 0 Å². The fraction of sp³-hybridized carbons (Fsp3) is 0. The fourth-order valence-corrected chi connectivity index (χ4v) is 9.82. The smallest absolute Gasteiger partial charge is 0.0540 e. The zero-order chi connectivity index (χ0) is 38.4. The van der Waals surface area contributed by atoms with E-state index < -0.39 is 0 Å². The van der Waals surface area contributed by atoms with Crippen molar-refractivity contribution in [2.75, 3.05) is 4.90 Å². The summed E-state index contributed by atoms with van der Waals surface area (Å²) >= 11 is 1.88. The molecule has 0 saturated heterocycles. The molecule has 0 fully saturated rings. The molecule has 11 aromatic rings. The van der Waals surface area contributed by atoms with Gasteiger partial charge in [0.25, 0.3) is 0 Å². The van der Waals surface area contributed by atoms with Crippen molar-refractivity contribution in [2.45, 2.75) is 0 Å². The van der Waals surface area contributed by atoms with Gasteiger partial charge in [0.1, 0.15) is 0 Å². The third kappa shape index (κ3) is 6.03. The molecule has 272 valence electrons. The van der Waals surface area contributed by atoms with E-state index in [1.807, 2.05) is 11.3 Å². The summed E-state index contributed by atoms with van der Waals surface area (Å²) in [5, 5.41) is 7.70. The molecule has 58 heavy (non-hydrogen) atoms. The molecule has 0 saturated carbocycles. The van der Waals surface area contributed by atoms with E-state index >= 15 is 0 Å². The maximum atomic E-state index is 2.41. The van der Waals surface area contributed by atoms with E-state index in [1.54, 1.807) is 0 Å². The van der Waals surface area contributed by atoms with Gasteiger partial charge < -0.3 is 4.90 Å². The van der Waals surface area contributed by atoms with Gasteiger partial charge in [0.2, 0.25) is 0 Å². The first-order valence-electron chi connectivity index (χ1n) is 19.8. The first-order valence-corrected chi connectivity index (χ1v) is 20.6. The first-order chi connectivity index (χ1) is 28.7. The summed E-state index contributed by atoms with van der Waals surface area (Å²) in [6.45, 7) is 0. The van der Waals surface area contributed by atoms with Crippen LogP contribution in [0.1, 0.15) is 0 Å². The maximum absolute atomic E-state index is 2.41. The highest BCUT2D eigenvalue weighted by molar-refractivity contribution is 7.26. The highest BCUT2D eigenvalue weighted by Crippen LogP contribution is 2.45. The lowest BCUT2D eigenvalue weighted by Crippen LogP contribution is -2.11. The van der Waals surface area contributed by atoms with Gasteiger partial charge in [-0.3, -0.25) is 0 Å². The fourth-order valence-electron chi connectivity index (χ4n) is 8.58. The highest BCUT2D eigenvalue weighted by atomic mass is 32.1. The van der Waals surface area contributed by atoms with E-state index in [1.165, 1.54) is 86.2 Å². The molecule has 0 spiro atoms. The predicted octanol–water partition coefficient (Wildman–Crippen LogP) is 16.5. The Morgan fingerprint density at radius 2 is 0.828 bits per heavy atom. The minimum atomic E-state index is 1.10. The van der Waals surface area contributed by atoms with Gasteiger partial charge in [0, 0.05) is 37.1 Å². The minimum absolute atomic E-state index is 1.10.